The molecule has 0 saturated heterocycles. The van der Waals surface area contributed by atoms with Crippen LogP contribution in [0, 0.1) is 0 Å². The number of rotatable bonds is 5. The lowest BCUT2D eigenvalue weighted by atomic mass is 10.3. The van der Waals surface area contributed by atoms with Crippen LogP contribution in [0.2, 0.25) is 5.02 Å². The molecular formula is C15H15ClN2O4. The molecule has 0 bridgehead atoms. The number of furan rings is 1. The summed E-state index contributed by atoms with van der Waals surface area (Å²) in [6.45, 7) is -0.104. The van der Waals surface area contributed by atoms with Crippen LogP contribution in [0.1, 0.15) is 10.6 Å². The number of halogens is 1. The highest BCUT2D eigenvalue weighted by molar-refractivity contribution is 6.32. The van der Waals surface area contributed by atoms with Crippen LogP contribution in [0.15, 0.2) is 40.8 Å². The molecule has 0 atom stereocenters. The molecule has 2 rings (SSSR count). The van der Waals surface area contributed by atoms with Gasteiger partial charge >= 0.3 is 0 Å². The summed E-state index contributed by atoms with van der Waals surface area (Å²) in [5, 5.41) is 2.90. The second-order valence-corrected chi connectivity index (χ2v) is 5.03. The summed E-state index contributed by atoms with van der Waals surface area (Å²) in [5.41, 5.74) is 0. The summed E-state index contributed by atoms with van der Waals surface area (Å²) in [6.07, 6.45) is 0. The molecule has 0 radical (unpaired) electrons. The van der Waals surface area contributed by atoms with Crippen molar-refractivity contribution in [1.29, 1.82) is 0 Å². The average Bonchev–Trinajstić information content (AvgIpc) is 2.95. The molecular weight excluding hydrogens is 308 g/mol. The van der Waals surface area contributed by atoms with E-state index >= 15 is 0 Å². The summed E-state index contributed by atoms with van der Waals surface area (Å²) < 4.78 is 10.7. The van der Waals surface area contributed by atoms with E-state index in [2.05, 4.69) is 5.32 Å². The number of likely N-dealkylation sites (N-methyl/N-ethyl adjacent to an activating group) is 1. The van der Waals surface area contributed by atoms with Gasteiger partial charge in [-0.25, -0.2) is 0 Å². The fourth-order valence-corrected chi connectivity index (χ4v) is 1.71. The van der Waals surface area contributed by atoms with Gasteiger partial charge < -0.3 is 19.4 Å². The smallest absolute Gasteiger partial charge is 0.290 e. The summed E-state index contributed by atoms with van der Waals surface area (Å²) in [7, 11) is 3.22. The zero-order chi connectivity index (χ0) is 16.1. The van der Waals surface area contributed by atoms with Gasteiger partial charge in [0.2, 0.25) is 5.91 Å². The van der Waals surface area contributed by atoms with Crippen LogP contribution in [0.25, 0.3) is 0 Å². The molecule has 0 fully saturated rings. The van der Waals surface area contributed by atoms with E-state index in [1.54, 1.807) is 38.4 Å². The van der Waals surface area contributed by atoms with Gasteiger partial charge in [-0.1, -0.05) is 23.7 Å². The molecule has 0 unspecified atom stereocenters. The second-order valence-electron chi connectivity index (χ2n) is 4.62. The van der Waals surface area contributed by atoms with E-state index in [9.17, 15) is 9.59 Å². The van der Waals surface area contributed by atoms with Gasteiger partial charge in [0, 0.05) is 20.2 Å². The zero-order valence-electron chi connectivity index (χ0n) is 12.1. The highest BCUT2D eigenvalue weighted by Crippen LogP contribution is 2.29. The molecule has 0 aliphatic carbocycles. The Hall–Kier alpha value is -2.47. The predicted octanol–water partition coefficient (Wildman–Crippen LogP) is 2.54. The first-order chi connectivity index (χ1) is 10.5. The van der Waals surface area contributed by atoms with Crippen molar-refractivity contribution in [3.63, 3.8) is 0 Å². The Morgan fingerprint density at radius 3 is 2.64 bits per heavy atom. The first-order valence-corrected chi connectivity index (χ1v) is 6.85. The second kappa shape index (κ2) is 7.00. The molecule has 0 spiro atoms. The third-order valence-corrected chi connectivity index (χ3v) is 3.06. The third kappa shape index (κ3) is 4.02. The van der Waals surface area contributed by atoms with Crippen molar-refractivity contribution in [2.75, 3.05) is 20.6 Å². The number of nitrogens with one attached hydrogen (secondary N) is 1. The number of hydrogen-bond donors (Lipinski definition) is 1. The van der Waals surface area contributed by atoms with Crippen LogP contribution in [0.4, 0.5) is 0 Å². The molecule has 1 heterocycles. The van der Waals surface area contributed by atoms with Crippen molar-refractivity contribution < 1.29 is 18.7 Å². The SMILES string of the molecule is CN(C)C(=O)CNC(=O)c1ccc(Oc2ccccc2Cl)o1. The Bertz CT molecular complexity index is 682. The first-order valence-electron chi connectivity index (χ1n) is 6.48. The molecule has 2 aromatic rings. The lowest BCUT2D eigenvalue weighted by molar-refractivity contribution is -0.127. The molecule has 7 heteroatoms. The highest BCUT2D eigenvalue weighted by Gasteiger charge is 2.14. The lowest BCUT2D eigenvalue weighted by Crippen LogP contribution is -2.36. The minimum Gasteiger partial charge on any atom is -0.424 e. The van der Waals surface area contributed by atoms with E-state index in [4.69, 9.17) is 20.8 Å². The molecule has 0 aliphatic rings. The van der Waals surface area contributed by atoms with E-state index in [0.717, 1.165) is 0 Å². The molecule has 2 amide bonds. The summed E-state index contributed by atoms with van der Waals surface area (Å²) in [6, 6.07) is 9.87. The van der Waals surface area contributed by atoms with Crippen molar-refractivity contribution in [2.45, 2.75) is 0 Å². The van der Waals surface area contributed by atoms with Crippen molar-refractivity contribution in [2.24, 2.45) is 0 Å². The average molecular weight is 323 g/mol. The standard InChI is InChI=1S/C15H15ClN2O4/c1-18(2)13(19)9-17-15(20)12-7-8-14(22-12)21-11-6-4-3-5-10(11)16/h3-8H,9H2,1-2H3,(H,17,20). The van der Waals surface area contributed by atoms with E-state index in [1.165, 1.54) is 17.0 Å². The fraction of sp³-hybridized carbons (Fsp3) is 0.200. The monoisotopic (exact) mass is 322 g/mol. The highest BCUT2D eigenvalue weighted by atomic mass is 35.5. The first kappa shape index (κ1) is 15.9. The number of amides is 2. The Kier molecular flexibility index (Phi) is 5.06. The zero-order valence-corrected chi connectivity index (χ0v) is 12.9. The van der Waals surface area contributed by atoms with Crippen LogP contribution in [0.3, 0.4) is 0 Å². The minimum atomic E-state index is -0.496. The van der Waals surface area contributed by atoms with Gasteiger partial charge in [-0.05, 0) is 18.2 Å². The summed E-state index contributed by atoms with van der Waals surface area (Å²) in [4.78, 5) is 24.6. The van der Waals surface area contributed by atoms with Crippen LogP contribution in [-0.4, -0.2) is 37.4 Å². The molecule has 1 aromatic carbocycles. The number of carbonyl (C=O) groups is 2. The van der Waals surface area contributed by atoms with Gasteiger partial charge in [0.15, 0.2) is 5.76 Å². The maximum Gasteiger partial charge on any atom is 0.290 e. The van der Waals surface area contributed by atoms with Crippen molar-refractivity contribution in [3.8, 4) is 11.7 Å². The molecule has 22 heavy (non-hydrogen) atoms. The molecule has 1 aromatic heterocycles. The van der Waals surface area contributed by atoms with Gasteiger partial charge in [-0.3, -0.25) is 9.59 Å². The maximum absolute atomic E-state index is 11.8. The van der Waals surface area contributed by atoms with Crippen molar-refractivity contribution in [1.82, 2.24) is 10.2 Å². The minimum absolute atomic E-state index is 0.0496. The fourth-order valence-electron chi connectivity index (χ4n) is 1.53. The number of ether oxygens (including phenoxy) is 1. The Labute approximate surface area is 132 Å². The normalized spacial score (nSPS) is 10.1. The van der Waals surface area contributed by atoms with Crippen molar-refractivity contribution >= 4 is 23.4 Å². The van der Waals surface area contributed by atoms with Crippen LogP contribution in [0.5, 0.6) is 11.7 Å². The van der Waals surface area contributed by atoms with Crippen LogP contribution >= 0.6 is 11.6 Å². The lowest BCUT2D eigenvalue weighted by Gasteiger charge is -2.10. The summed E-state index contributed by atoms with van der Waals surface area (Å²) >= 11 is 5.97. The maximum atomic E-state index is 11.8. The number of para-hydroxylation sites is 1. The number of benzene rings is 1. The molecule has 1 N–H and O–H groups in total. The van der Waals surface area contributed by atoms with E-state index in [1.807, 2.05) is 0 Å². The van der Waals surface area contributed by atoms with Gasteiger partial charge in [0.05, 0.1) is 11.6 Å². The van der Waals surface area contributed by atoms with Crippen LogP contribution in [-0.2, 0) is 4.79 Å². The predicted molar refractivity (Wildman–Crippen MR) is 81.3 cm³/mol. The van der Waals surface area contributed by atoms with E-state index in [-0.39, 0.29) is 24.2 Å². The van der Waals surface area contributed by atoms with Gasteiger partial charge in [-0.2, -0.15) is 0 Å². The number of hydrogen-bond acceptors (Lipinski definition) is 4. The Morgan fingerprint density at radius 1 is 1.23 bits per heavy atom. The van der Waals surface area contributed by atoms with Gasteiger partial charge in [-0.15, -0.1) is 0 Å². The van der Waals surface area contributed by atoms with E-state index < -0.39 is 5.91 Å². The Morgan fingerprint density at radius 2 is 1.95 bits per heavy atom. The number of carbonyl (C=O) groups excluding carboxylic acids is 2. The molecule has 6 nitrogen and oxygen atoms in total. The van der Waals surface area contributed by atoms with Gasteiger partial charge in [0.1, 0.15) is 5.75 Å². The van der Waals surface area contributed by atoms with Crippen molar-refractivity contribution in [3.05, 3.63) is 47.2 Å². The molecule has 0 aliphatic heterocycles. The largest absolute Gasteiger partial charge is 0.424 e. The Balaban J connectivity index is 1.98. The molecule has 0 saturated carbocycles. The number of nitrogens with zero attached hydrogens (tertiary/aromatic N) is 1. The third-order valence-electron chi connectivity index (χ3n) is 2.75. The van der Waals surface area contributed by atoms with Crippen LogP contribution < -0.4 is 10.1 Å². The summed E-state index contributed by atoms with van der Waals surface area (Å²) in [5.74, 6) is -0.101. The van der Waals surface area contributed by atoms with Gasteiger partial charge in [0.25, 0.3) is 11.9 Å². The quantitative estimate of drug-likeness (QED) is 0.918. The topological polar surface area (TPSA) is 71.8 Å². The van der Waals surface area contributed by atoms with E-state index in [0.29, 0.717) is 10.8 Å². The molecule has 116 valence electrons.